The van der Waals surface area contributed by atoms with Crippen LogP contribution in [0.15, 0.2) is 43.1 Å². The molecule has 39 heavy (non-hydrogen) atoms. The summed E-state index contributed by atoms with van der Waals surface area (Å²) in [5.41, 5.74) is 7.64. The highest BCUT2D eigenvalue weighted by Gasteiger charge is 2.38. The first-order valence-electron chi connectivity index (χ1n) is 11.9. The molecule has 12 nitrogen and oxygen atoms in total. The van der Waals surface area contributed by atoms with Gasteiger partial charge in [-0.25, -0.2) is 14.5 Å². The van der Waals surface area contributed by atoms with E-state index in [2.05, 4.69) is 30.4 Å². The van der Waals surface area contributed by atoms with Crippen molar-refractivity contribution in [3.8, 4) is 17.3 Å². The van der Waals surface area contributed by atoms with E-state index in [0.717, 1.165) is 10.5 Å². The monoisotopic (exact) mass is 540 g/mol. The minimum atomic E-state index is -4.77. The molecule has 0 bridgehead atoms. The number of nitrogens with zero attached hydrogens (tertiary/aromatic N) is 8. The second kappa shape index (κ2) is 9.87. The molecule has 1 amide bonds. The van der Waals surface area contributed by atoms with Crippen molar-refractivity contribution < 1.29 is 23.1 Å². The Morgan fingerprint density at radius 1 is 1.26 bits per heavy atom. The topological polar surface area (TPSA) is 163 Å². The zero-order chi connectivity index (χ0) is 27.9. The first-order valence-corrected chi connectivity index (χ1v) is 11.9. The number of nitrogens with two attached hydrogens (primary N) is 1. The van der Waals surface area contributed by atoms with E-state index in [9.17, 15) is 23.1 Å². The first kappa shape index (κ1) is 25.9. The van der Waals surface area contributed by atoms with E-state index in [0.29, 0.717) is 41.2 Å². The molecule has 5 rings (SSSR count). The number of anilines is 2. The van der Waals surface area contributed by atoms with Crippen LogP contribution in [0.2, 0.25) is 0 Å². The fourth-order valence-electron chi connectivity index (χ4n) is 4.45. The second-order valence-corrected chi connectivity index (χ2v) is 9.35. The number of rotatable bonds is 7. The number of nitrogens with one attached hydrogen (secondary N) is 1. The molecule has 4 N–H and O–H groups in total. The average molecular weight is 541 g/mol. The lowest BCUT2D eigenvalue weighted by atomic mass is 10.1. The predicted molar refractivity (Wildman–Crippen MR) is 133 cm³/mol. The summed E-state index contributed by atoms with van der Waals surface area (Å²) in [5, 5.41) is 29.9. The molecule has 15 heteroatoms. The van der Waals surface area contributed by atoms with Crippen molar-refractivity contribution in [3.05, 3.63) is 54.2 Å². The molecule has 4 aromatic rings. The van der Waals surface area contributed by atoms with E-state index in [-0.39, 0.29) is 17.5 Å². The van der Waals surface area contributed by atoms with Crippen molar-refractivity contribution in [1.82, 2.24) is 29.4 Å². The summed E-state index contributed by atoms with van der Waals surface area (Å²) in [6.45, 7) is 2.50. The molecular weight excluding hydrogens is 517 g/mol. The number of hydrogen-bond donors (Lipinski definition) is 3. The molecule has 1 aliphatic rings. The molecule has 3 atom stereocenters. The van der Waals surface area contributed by atoms with Gasteiger partial charge in [-0.3, -0.25) is 9.48 Å². The molecule has 1 saturated heterocycles. The molecular formula is C24H23F3N10O2. The summed E-state index contributed by atoms with van der Waals surface area (Å²) in [6, 6.07) is 5.40. The van der Waals surface area contributed by atoms with Gasteiger partial charge in [-0.1, -0.05) is 6.92 Å². The van der Waals surface area contributed by atoms with Gasteiger partial charge >= 0.3 is 6.18 Å². The standard InChI is InChI=1S/C24H23F3N10O2/c1-13-8-35(20-3-2-14(4-28)5-30-20)10-17(13)33-21-16(22(29)39)7-32-37-11-18(34-23(21)37)15-6-31-36(9-15)12-19(38)24(25,26)27/h2-3,5-7,9,11,13,17,19,33,38H,8,10,12H2,1H3,(H2,29,39)/t13-,17+,19?/m0/s1. The SMILES string of the molecule is C[C@H]1CN(c2ccc(C#N)cn2)C[C@H]1Nc1c(C(N)=O)cnn2cc(-c3cnn(CC(O)C(F)(F)F)c3)nc12. The van der Waals surface area contributed by atoms with Gasteiger partial charge in [0.1, 0.15) is 11.9 Å². The molecule has 1 fully saturated rings. The number of hydrogen-bond acceptors (Lipinski definition) is 9. The lowest BCUT2D eigenvalue weighted by Gasteiger charge is -2.20. The number of nitriles is 1. The zero-order valence-electron chi connectivity index (χ0n) is 20.5. The van der Waals surface area contributed by atoms with Crippen LogP contribution in [0.3, 0.4) is 0 Å². The largest absolute Gasteiger partial charge is 0.416 e. The summed E-state index contributed by atoms with van der Waals surface area (Å²) in [7, 11) is 0. The van der Waals surface area contributed by atoms with Crippen LogP contribution in [0.25, 0.3) is 16.9 Å². The summed E-state index contributed by atoms with van der Waals surface area (Å²) >= 11 is 0. The maximum Gasteiger partial charge on any atom is 0.416 e. The van der Waals surface area contributed by atoms with E-state index >= 15 is 0 Å². The Balaban J connectivity index is 1.42. The van der Waals surface area contributed by atoms with Gasteiger partial charge in [0.15, 0.2) is 11.8 Å². The quantitative estimate of drug-likeness (QED) is 0.317. The molecule has 1 unspecified atom stereocenters. The molecule has 4 aromatic heterocycles. The van der Waals surface area contributed by atoms with Crippen molar-refractivity contribution in [3.63, 3.8) is 0 Å². The molecule has 1 aliphatic heterocycles. The summed E-state index contributed by atoms with van der Waals surface area (Å²) in [6.07, 6.45) is -0.280. The summed E-state index contributed by atoms with van der Waals surface area (Å²) < 4.78 is 40.6. The number of imidazole rings is 1. The van der Waals surface area contributed by atoms with Gasteiger partial charge in [-0.05, 0) is 18.1 Å². The second-order valence-electron chi connectivity index (χ2n) is 9.35. The van der Waals surface area contributed by atoms with E-state index < -0.39 is 24.7 Å². The van der Waals surface area contributed by atoms with Crippen LogP contribution in [0.5, 0.6) is 0 Å². The van der Waals surface area contributed by atoms with Crippen molar-refractivity contribution in [1.29, 1.82) is 5.26 Å². The van der Waals surface area contributed by atoms with Gasteiger partial charge in [0, 0.05) is 37.1 Å². The number of aliphatic hydroxyl groups excluding tert-OH is 1. The fourth-order valence-corrected chi connectivity index (χ4v) is 4.45. The zero-order valence-corrected chi connectivity index (χ0v) is 20.5. The highest BCUT2D eigenvalue weighted by Crippen LogP contribution is 2.30. The Hall–Kier alpha value is -4.71. The molecule has 0 aromatic carbocycles. The molecule has 0 spiro atoms. The third kappa shape index (κ3) is 5.18. The van der Waals surface area contributed by atoms with Gasteiger partial charge < -0.3 is 21.1 Å². The number of aromatic nitrogens is 6. The van der Waals surface area contributed by atoms with Crippen molar-refractivity contribution in [2.75, 3.05) is 23.3 Å². The minimum Gasteiger partial charge on any atom is -0.382 e. The van der Waals surface area contributed by atoms with Gasteiger partial charge in [-0.2, -0.15) is 28.6 Å². The fraction of sp³-hybridized carbons (Fsp3) is 0.333. The maximum absolute atomic E-state index is 12.7. The third-order valence-corrected chi connectivity index (χ3v) is 6.57. The number of carbonyl (C=O) groups excluding carboxylic acids is 1. The number of alkyl halides is 3. The van der Waals surface area contributed by atoms with Gasteiger partial charge in [0.05, 0.1) is 47.6 Å². The number of pyridine rings is 1. The van der Waals surface area contributed by atoms with Crippen LogP contribution >= 0.6 is 0 Å². The lowest BCUT2D eigenvalue weighted by Crippen LogP contribution is -2.32. The Morgan fingerprint density at radius 2 is 2.05 bits per heavy atom. The number of carbonyl (C=O) groups is 1. The van der Waals surface area contributed by atoms with Gasteiger partial charge in [0.25, 0.3) is 5.91 Å². The van der Waals surface area contributed by atoms with Crippen molar-refractivity contribution in [2.45, 2.75) is 31.8 Å². The van der Waals surface area contributed by atoms with Crippen molar-refractivity contribution >= 4 is 23.1 Å². The Kier molecular flexibility index (Phi) is 6.56. The number of fused-ring (bicyclic) bond motifs is 1. The Morgan fingerprint density at radius 3 is 2.72 bits per heavy atom. The highest BCUT2D eigenvalue weighted by molar-refractivity contribution is 6.01. The van der Waals surface area contributed by atoms with Crippen LogP contribution in [-0.4, -0.2) is 71.8 Å². The summed E-state index contributed by atoms with van der Waals surface area (Å²) in [4.78, 5) is 23.3. The number of aliphatic hydroxyl groups is 1. The normalized spacial score (nSPS) is 18.3. The molecule has 202 valence electrons. The minimum absolute atomic E-state index is 0.126. The first-order chi connectivity index (χ1) is 18.5. The van der Waals surface area contributed by atoms with Crippen molar-refractivity contribution in [2.24, 2.45) is 11.7 Å². The average Bonchev–Trinajstić information content (AvgIpc) is 3.62. The van der Waals surface area contributed by atoms with Crippen LogP contribution in [0.1, 0.15) is 22.8 Å². The molecule has 0 aliphatic carbocycles. The number of primary amides is 1. The summed E-state index contributed by atoms with van der Waals surface area (Å²) in [5.74, 6) is 0.141. The smallest absolute Gasteiger partial charge is 0.382 e. The van der Waals surface area contributed by atoms with Crippen LogP contribution < -0.4 is 16.0 Å². The van der Waals surface area contributed by atoms with E-state index in [4.69, 9.17) is 11.0 Å². The Labute approximate surface area is 219 Å². The molecule has 5 heterocycles. The number of amides is 1. The van der Waals surface area contributed by atoms with Gasteiger partial charge in [-0.15, -0.1) is 0 Å². The number of halogens is 3. The Bertz CT molecular complexity index is 1560. The third-order valence-electron chi connectivity index (χ3n) is 6.57. The predicted octanol–water partition coefficient (Wildman–Crippen LogP) is 1.82. The van der Waals surface area contributed by atoms with Crippen LogP contribution in [-0.2, 0) is 6.54 Å². The van der Waals surface area contributed by atoms with Crippen LogP contribution in [0, 0.1) is 17.2 Å². The van der Waals surface area contributed by atoms with Gasteiger partial charge in [0.2, 0.25) is 0 Å². The molecule has 0 saturated carbocycles. The lowest BCUT2D eigenvalue weighted by molar-refractivity contribution is -0.208. The van der Waals surface area contributed by atoms with E-state index in [1.165, 1.54) is 29.3 Å². The van der Waals surface area contributed by atoms with E-state index in [1.54, 1.807) is 18.3 Å². The maximum atomic E-state index is 12.7. The molecule has 0 radical (unpaired) electrons. The van der Waals surface area contributed by atoms with Crippen LogP contribution in [0.4, 0.5) is 24.7 Å². The highest BCUT2D eigenvalue weighted by atomic mass is 19.4. The van der Waals surface area contributed by atoms with E-state index in [1.807, 2.05) is 13.0 Å².